The number of Topliss-reactive ketones (excluding diaryl/α,β-unsaturated/α-hetero) is 1. The molecule has 2 unspecified atom stereocenters. The van der Waals surface area contributed by atoms with E-state index >= 15 is 0 Å². The van der Waals surface area contributed by atoms with Gasteiger partial charge in [0.1, 0.15) is 11.6 Å². The molecular weight excluding hydrogens is 260 g/mol. The lowest BCUT2D eigenvalue weighted by molar-refractivity contribution is 0.0948. The highest BCUT2D eigenvalue weighted by molar-refractivity contribution is 5.96. The summed E-state index contributed by atoms with van der Waals surface area (Å²) in [5, 5.41) is 0. The second-order valence-electron chi connectivity index (χ2n) is 5.56. The molecule has 1 aliphatic heterocycles. The van der Waals surface area contributed by atoms with Crippen molar-refractivity contribution >= 4 is 5.78 Å². The number of halogens is 2. The first-order valence-corrected chi connectivity index (χ1v) is 7.26. The Morgan fingerprint density at radius 1 is 1.25 bits per heavy atom. The first-order chi connectivity index (χ1) is 9.51. The van der Waals surface area contributed by atoms with Crippen LogP contribution < -0.4 is 0 Å². The van der Waals surface area contributed by atoms with E-state index in [4.69, 9.17) is 0 Å². The van der Waals surface area contributed by atoms with Gasteiger partial charge in [-0.3, -0.25) is 9.69 Å². The Bertz CT molecular complexity index is 469. The SMILES string of the molecule is CCC1CCC(C)N1CCC(=O)c1cc(F)cc(F)c1. The number of benzene rings is 1. The molecule has 1 saturated heterocycles. The molecule has 0 aromatic heterocycles. The van der Waals surface area contributed by atoms with Gasteiger partial charge in [0.15, 0.2) is 5.78 Å². The van der Waals surface area contributed by atoms with Crippen molar-refractivity contribution in [2.45, 2.75) is 51.6 Å². The Balaban J connectivity index is 1.98. The van der Waals surface area contributed by atoms with Gasteiger partial charge in [-0.15, -0.1) is 0 Å². The Labute approximate surface area is 118 Å². The summed E-state index contributed by atoms with van der Waals surface area (Å²) in [5.74, 6) is -1.60. The minimum absolute atomic E-state index is 0.127. The van der Waals surface area contributed by atoms with Crippen LogP contribution in [0.25, 0.3) is 0 Å². The van der Waals surface area contributed by atoms with Crippen molar-refractivity contribution in [3.05, 3.63) is 35.4 Å². The lowest BCUT2D eigenvalue weighted by Crippen LogP contribution is -2.35. The van der Waals surface area contributed by atoms with Gasteiger partial charge >= 0.3 is 0 Å². The summed E-state index contributed by atoms with van der Waals surface area (Å²) >= 11 is 0. The minimum Gasteiger partial charge on any atom is -0.297 e. The molecule has 1 heterocycles. The van der Waals surface area contributed by atoms with Gasteiger partial charge in [-0.2, -0.15) is 0 Å². The monoisotopic (exact) mass is 281 g/mol. The van der Waals surface area contributed by atoms with Crippen LogP contribution in [0, 0.1) is 11.6 Å². The predicted molar refractivity (Wildman–Crippen MR) is 74.8 cm³/mol. The van der Waals surface area contributed by atoms with Crippen LogP contribution in [0.4, 0.5) is 8.78 Å². The van der Waals surface area contributed by atoms with Crippen molar-refractivity contribution in [3.8, 4) is 0 Å². The van der Waals surface area contributed by atoms with E-state index in [1.807, 2.05) is 0 Å². The molecule has 4 heteroatoms. The van der Waals surface area contributed by atoms with Gasteiger partial charge in [-0.1, -0.05) is 6.92 Å². The zero-order valence-corrected chi connectivity index (χ0v) is 12.0. The van der Waals surface area contributed by atoms with Crippen molar-refractivity contribution in [1.29, 1.82) is 0 Å². The molecule has 1 aromatic rings. The average molecular weight is 281 g/mol. The Morgan fingerprint density at radius 3 is 2.50 bits per heavy atom. The topological polar surface area (TPSA) is 20.3 Å². The highest BCUT2D eigenvalue weighted by Crippen LogP contribution is 2.26. The van der Waals surface area contributed by atoms with Gasteiger partial charge in [0.2, 0.25) is 0 Å². The van der Waals surface area contributed by atoms with Crippen LogP contribution in [0.15, 0.2) is 18.2 Å². The average Bonchev–Trinajstić information content (AvgIpc) is 2.75. The molecule has 2 rings (SSSR count). The van der Waals surface area contributed by atoms with E-state index in [0.29, 0.717) is 25.0 Å². The number of carbonyl (C=O) groups is 1. The largest absolute Gasteiger partial charge is 0.297 e. The lowest BCUT2D eigenvalue weighted by atomic mass is 10.1. The summed E-state index contributed by atoms with van der Waals surface area (Å²) in [7, 11) is 0. The van der Waals surface area contributed by atoms with Crippen molar-refractivity contribution in [2.75, 3.05) is 6.54 Å². The van der Waals surface area contributed by atoms with E-state index in [9.17, 15) is 13.6 Å². The molecular formula is C16H21F2NO. The summed E-state index contributed by atoms with van der Waals surface area (Å²) in [4.78, 5) is 14.4. The maximum atomic E-state index is 13.1. The molecule has 1 fully saturated rings. The molecule has 0 radical (unpaired) electrons. The smallest absolute Gasteiger partial charge is 0.164 e. The van der Waals surface area contributed by atoms with Gasteiger partial charge in [0, 0.05) is 36.7 Å². The van der Waals surface area contributed by atoms with Crippen LogP contribution in [0.1, 0.15) is 49.9 Å². The third-order valence-corrected chi connectivity index (χ3v) is 4.21. The molecule has 0 bridgehead atoms. The summed E-state index contributed by atoms with van der Waals surface area (Å²) < 4.78 is 26.2. The summed E-state index contributed by atoms with van der Waals surface area (Å²) in [6.07, 6.45) is 3.71. The van der Waals surface area contributed by atoms with Crippen molar-refractivity contribution < 1.29 is 13.6 Å². The van der Waals surface area contributed by atoms with Crippen LogP contribution in [0.5, 0.6) is 0 Å². The van der Waals surface area contributed by atoms with Gasteiger partial charge in [-0.25, -0.2) is 8.78 Å². The Hall–Kier alpha value is -1.29. The van der Waals surface area contributed by atoms with E-state index < -0.39 is 11.6 Å². The second kappa shape index (κ2) is 6.44. The maximum absolute atomic E-state index is 13.1. The highest BCUT2D eigenvalue weighted by Gasteiger charge is 2.29. The van der Waals surface area contributed by atoms with Crippen LogP contribution in [0.2, 0.25) is 0 Å². The number of hydrogen-bond acceptors (Lipinski definition) is 2. The van der Waals surface area contributed by atoms with E-state index in [1.54, 1.807) is 0 Å². The Morgan fingerprint density at radius 2 is 1.90 bits per heavy atom. The van der Waals surface area contributed by atoms with E-state index in [-0.39, 0.29) is 11.3 Å². The number of nitrogens with zero attached hydrogens (tertiary/aromatic N) is 1. The summed E-state index contributed by atoms with van der Waals surface area (Å²) in [6, 6.07) is 4.01. The van der Waals surface area contributed by atoms with Crippen molar-refractivity contribution in [2.24, 2.45) is 0 Å². The molecule has 0 aliphatic carbocycles. The fraction of sp³-hybridized carbons (Fsp3) is 0.562. The molecule has 0 N–H and O–H groups in total. The fourth-order valence-corrected chi connectivity index (χ4v) is 3.06. The molecule has 20 heavy (non-hydrogen) atoms. The molecule has 0 amide bonds. The highest BCUT2D eigenvalue weighted by atomic mass is 19.1. The van der Waals surface area contributed by atoms with Crippen LogP contribution in [-0.4, -0.2) is 29.3 Å². The Kier molecular flexibility index (Phi) is 4.86. The molecule has 0 saturated carbocycles. The van der Waals surface area contributed by atoms with Crippen molar-refractivity contribution in [3.63, 3.8) is 0 Å². The zero-order chi connectivity index (χ0) is 14.7. The second-order valence-corrected chi connectivity index (χ2v) is 5.56. The zero-order valence-electron chi connectivity index (χ0n) is 12.0. The third-order valence-electron chi connectivity index (χ3n) is 4.21. The minimum atomic E-state index is -0.700. The molecule has 2 nitrogen and oxygen atoms in total. The van der Waals surface area contributed by atoms with E-state index in [2.05, 4.69) is 18.7 Å². The number of carbonyl (C=O) groups excluding carboxylic acids is 1. The maximum Gasteiger partial charge on any atom is 0.164 e. The molecule has 110 valence electrons. The normalized spacial score (nSPS) is 23.2. The third kappa shape index (κ3) is 3.42. The number of hydrogen-bond donors (Lipinski definition) is 0. The fourth-order valence-electron chi connectivity index (χ4n) is 3.06. The quantitative estimate of drug-likeness (QED) is 0.765. The first kappa shape index (κ1) is 15.1. The number of likely N-dealkylation sites (tertiary alicyclic amines) is 1. The van der Waals surface area contributed by atoms with Crippen LogP contribution in [0.3, 0.4) is 0 Å². The standard InChI is InChI=1S/C16H21F2NO/c1-3-15-5-4-11(2)19(15)7-6-16(20)12-8-13(17)10-14(18)9-12/h8-11,15H,3-7H2,1-2H3. The van der Waals surface area contributed by atoms with Crippen LogP contribution >= 0.6 is 0 Å². The van der Waals surface area contributed by atoms with Gasteiger partial charge in [0.05, 0.1) is 0 Å². The predicted octanol–water partition coefficient (Wildman–Crippen LogP) is 3.80. The summed E-state index contributed by atoms with van der Waals surface area (Å²) in [6.45, 7) is 4.98. The molecule has 1 aromatic carbocycles. The van der Waals surface area contributed by atoms with Crippen molar-refractivity contribution in [1.82, 2.24) is 4.90 Å². The van der Waals surface area contributed by atoms with E-state index in [0.717, 1.165) is 31.0 Å². The van der Waals surface area contributed by atoms with Crippen LogP contribution in [-0.2, 0) is 0 Å². The summed E-state index contributed by atoms with van der Waals surface area (Å²) in [5.41, 5.74) is 0.127. The van der Waals surface area contributed by atoms with Gasteiger partial charge in [0.25, 0.3) is 0 Å². The molecule has 0 spiro atoms. The number of ketones is 1. The number of rotatable bonds is 5. The van der Waals surface area contributed by atoms with Gasteiger partial charge in [-0.05, 0) is 38.3 Å². The van der Waals surface area contributed by atoms with E-state index in [1.165, 1.54) is 6.42 Å². The van der Waals surface area contributed by atoms with Gasteiger partial charge < -0.3 is 0 Å². The lowest BCUT2D eigenvalue weighted by Gasteiger charge is -2.27. The molecule has 1 aliphatic rings. The molecule has 2 atom stereocenters. The first-order valence-electron chi connectivity index (χ1n) is 7.26.